The normalized spacial score (nSPS) is 19.6. The van der Waals surface area contributed by atoms with Gasteiger partial charge in [0.25, 0.3) is 0 Å². The molecule has 2 heterocycles. The number of aryl methyl sites for hydroxylation is 1. The largest absolute Gasteiger partial charge is 0.456 e. The molecule has 1 N–H and O–H groups in total. The maximum atomic E-state index is 6.68. The van der Waals surface area contributed by atoms with Crippen molar-refractivity contribution in [3.8, 4) is 11.1 Å². The number of hydrogen-bond donors (Lipinski definition) is 1. The third kappa shape index (κ3) is 7.27. The Morgan fingerprint density at radius 3 is 1.63 bits per heavy atom. The Labute approximate surface area is 424 Å². The minimum atomic E-state index is -0.0467. The lowest BCUT2D eigenvalue weighted by atomic mass is 9.34. The summed E-state index contributed by atoms with van der Waals surface area (Å²) in [6, 6.07) is 49.3. The van der Waals surface area contributed by atoms with Gasteiger partial charge in [0.1, 0.15) is 11.2 Å². The van der Waals surface area contributed by atoms with Crippen LogP contribution >= 0.6 is 0 Å². The number of nitrogens with zero attached hydrogens (tertiary/aromatic N) is 1. The molecule has 0 spiro atoms. The molecule has 0 atom stereocenters. The Morgan fingerprint density at radius 1 is 0.423 bits per heavy atom. The molecule has 8 aromatic rings. The van der Waals surface area contributed by atoms with E-state index in [0.29, 0.717) is 0 Å². The highest BCUT2D eigenvalue weighted by Crippen LogP contribution is 2.52. The average molecular weight is 933 g/mol. The van der Waals surface area contributed by atoms with E-state index in [9.17, 15) is 0 Å². The third-order valence-corrected chi connectivity index (χ3v) is 18.6. The van der Waals surface area contributed by atoms with Crippen LogP contribution in [0.25, 0.3) is 33.1 Å². The van der Waals surface area contributed by atoms with Crippen molar-refractivity contribution in [2.24, 2.45) is 0 Å². The summed E-state index contributed by atoms with van der Waals surface area (Å²) in [5.41, 5.74) is 24.8. The molecule has 1 aromatic heterocycles. The van der Waals surface area contributed by atoms with E-state index in [0.717, 1.165) is 53.3 Å². The van der Waals surface area contributed by atoms with Gasteiger partial charge in [0.05, 0.1) is 11.1 Å². The fourth-order valence-corrected chi connectivity index (χ4v) is 13.6. The number of rotatable bonds is 5. The number of furan rings is 1. The van der Waals surface area contributed by atoms with Crippen molar-refractivity contribution in [1.82, 2.24) is 0 Å². The van der Waals surface area contributed by atoms with Gasteiger partial charge >= 0.3 is 0 Å². The number of nitrogens with one attached hydrogen (secondary N) is 1. The van der Waals surface area contributed by atoms with Crippen LogP contribution in [0.1, 0.15) is 161 Å². The highest BCUT2D eigenvalue weighted by molar-refractivity contribution is 6.98. The van der Waals surface area contributed by atoms with E-state index in [1.807, 2.05) is 0 Å². The van der Waals surface area contributed by atoms with E-state index < -0.39 is 0 Å². The van der Waals surface area contributed by atoms with E-state index in [4.69, 9.17) is 4.42 Å². The first kappa shape index (κ1) is 46.1. The van der Waals surface area contributed by atoms with Crippen molar-refractivity contribution in [3.63, 3.8) is 0 Å². The summed E-state index contributed by atoms with van der Waals surface area (Å²) in [7, 11) is 0. The lowest BCUT2D eigenvalue weighted by molar-refractivity contribution is 0.332. The van der Waals surface area contributed by atoms with Gasteiger partial charge in [-0.15, -0.1) is 0 Å². The SMILES string of the molecule is Cc1ccc2c(c1)N(c1ccc3c(c1)C(C)(C)CCC3(C)C)c1cc3c(cc1B2c1cc2c(cc1Nc1cccc4oc5ccc(-c6ccccc6)cc5c14)C(C)(C)CCC2(C)C)C(C)(C)CCC3(C)C. The topological polar surface area (TPSA) is 28.4 Å². The molecule has 3 nitrogen and oxygen atoms in total. The molecule has 0 saturated carbocycles. The Morgan fingerprint density at radius 2 is 0.986 bits per heavy atom. The van der Waals surface area contributed by atoms with Gasteiger partial charge in [0.2, 0.25) is 6.71 Å². The van der Waals surface area contributed by atoms with Gasteiger partial charge in [-0.3, -0.25) is 0 Å². The first-order chi connectivity index (χ1) is 33.5. The molecule has 4 heteroatoms. The molecule has 360 valence electrons. The second kappa shape index (κ2) is 15.5. The first-order valence-electron chi connectivity index (χ1n) is 26.7. The summed E-state index contributed by atoms with van der Waals surface area (Å²) >= 11 is 0. The Bertz CT molecular complexity index is 3490. The fraction of sp³-hybridized carbons (Fsp3) is 0.373. The van der Waals surface area contributed by atoms with E-state index in [2.05, 4.69) is 228 Å². The van der Waals surface area contributed by atoms with Crippen LogP contribution in [0.5, 0.6) is 0 Å². The lowest BCUT2D eigenvalue weighted by Crippen LogP contribution is -2.58. The molecule has 1 aliphatic heterocycles. The molecule has 3 aliphatic carbocycles. The second-order valence-corrected chi connectivity index (χ2v) is 26.3. The molecular weight excluding hydrogens is 860 g/mol. The lowest BCUT2D eigenvalue weighted by Gasteiger charge is -2.46. The van der Waals surface area contributed by atoms with Crippen molar-refractivity contribution in [2.45, 2.75) is 161 Å². The molecule has 0 saturated heterocycles. The molecule has 12 rings (SSSR count). The van der Waals surface area contributed by atoms with Crippen LogP contribution in [-0.4, -0.2) is 6.71 Å². The molecule has 0 fully saturated rings. The quantitative estimate of drug-likeness (QED) is 0.174. The van der Waals surface area contributed by atoms with Crippen LogP contribution in [0.2, 0.25) is 0 Å². The monoisotopic (exact) mass is 933 g/mol. The van der Waals surface area contributed by atoms with Gasteiger partial charge in [-0.25, -0.2) is 0 Å². The zero-order valence-corrected chi connectivity index (χ0v) is 44.8. The van der Waals surface area contributed by atoms with Crippen LogP contribution in [0.4, 0.5) is 28.4 Å². The second-order valence-electron chi connectivity index (χ2n) is 26.3. The molecule has 4 aliphatic rings. The van der Waals surface area contributed by atoms with Crippen molar-refractivity contribution in [1.29, 1.82) is 0 Å². The van der Waals surface area contributed by atoms with E-state index in [-0.39, 0.29) is 39.2 Å². The van der Waals surface area contributed by atoms with Crippen LogP contribution in [0.15, 0.2) is 132 Å². The Kier molecular flexibility index (Phi) is 10.1. The third-order valence-electron chi connectivity index (χ3n) is 18.6. The molecule has 0 unspecified atom stereocenters. The summed E-state index contributed by atoms with van der Waals surface area (Å²) in [6.45, 7) is 31.9. The molecular formula is C67H73BN2O. The number of fused-ring (bicyclic) bond motifs is 8. The van der Waals surface area contributed by atoms with Gasteiger partial charge in [0, 0.05) is 28.1 Å². The molecule has 0 radical (unpaired) electrons. The minimum absolute atomic E-state index is 0.0119. The molecule has 0 amide bonds. The van der Waals surface area contributed by atoms with Crippen LogP contribution in [0.3, 0.4) is 0 Å². The summed E-state index contributed by atoms with van der Waals surface area (Å²) in [5, 5.41) is 6.49. The van der Waals surface area contributed by atoms with E-state index in [1.54, 1.807) is 0 Å². The summed E-state index contributed by atoms with van der Waals surface area (Å²) in [6.07, 6.45) is 7.00. The van der Waals surface area contributed by atoms with Crippen molar-refractivity contribution in [3.05, 3.63) is 166 Å². The predicted molar refractivity (Wildman–Crippen MR) is 305 cm³/mol. The molecule has 7 aromatic carbocycles. The Hall–Kier alpha value is -6.00. The van der Waals surface area contributed by atoms with Crippen LogP contribution in [0, 0.1) is 6.92 Å². The number of hydrogen-bond acceptors (Lipinski definition) is 3. The summed E-state index contributed by atoms with van der Waals surface area (Å²) in [5.74, 6) is 0. The van der Waals surface area contributed by atoms with Crippen LogP contribution < -0.4 is 26.6 Å². The van der Waals surface area contributed by atoms with Gasteiger partial charge in [-0.2, -0.15) is 0 Å². The average Bonchev–Trinajstić information content (AvgIpc) is 3.71. The maximum absolute atomic E-state index is 6.68. The van der Waals surface area contributed by atoms with Gasteiger partial charge in [-0.05, 0) is 199 Å². The zero-order valence-electron chi connectivity index (χ0n) is 44.8. The summed E-state index contributed by atoms with van der Waals surface area (Å²) in [4.78, 5) is 2.67. The van der Waals surface area contributed by atoms with E-state index >= 15 is 0 Å². The zero-order chi connectivity index (χ0) is 49.8. The highest BCUT2D eigenvalue weighted by Gasteiger charge is 2.46. The van der Waals surface area contributed by atoms with Crippen molar-refractivity contribution in [2.75, 3.05) is 10.2 Å². The fourth-order valence-electron chi connectivity index (χ4n) is 13.6. The van der Waals surface area contributed by atoms with Gasteiger partial charge < -0.3 is 14.6 Å². The van der Waals surface area contributed by atoms with Crippen molar-refractivity contribution >= 4 is 73.5 Å². The molecule has 0 bridgehead atoms. The van der Waals surface area contributed by atoms with Crippen LogP contribution in [-0.2, 0) is 32.5 Å². The smallest absolute Gasteiger partial charge is 0.249 e. The van der Waals surface area contributed by atoms with Gasteiger partial charge in [-0.1, -0.05) is 156 Å². The minimum Gasteiger partial charge on any atom is -0.456 e. The first-order valence-corrected chi connectivity index (χ1v) is 26.7. The predicted octanol–water partition coefficient (Wildman–Crippen LogP) is 16.7. The summed E-state index contributed by atoms with van der Waals surface area (Å²) < 4.78 is 6.68. The number of benzene rings is 7. The van der Waals surface area contributed by atoms with E-state index in [1.165, 1.54) is 102 Å². The molecule has 71 heavy (non-hydrogen) atoms. The van der Waals surface area contributed by atoms with Crippen molar-refractivity contribution < 1.29 is 4.42 Å². The Balaban J connectivity index is 1.14. The number of anilines is 5. The standard InChI is InChI=1S/C67H73BN2O/c1-41-22-26-52-57(34-41)70(44-24-25-46-47(36-44)63(4,5)29-28-62(46,2)3)58-40-51-49(65(8,9)31-33-67(51,12)13)38-54(58)68(52)53-37-48-50(66(10,11)32-30-64(48,6)7)39-56(53)69-55-20-17-21-60-61(55)45-35-43(23-27-59(45)71-60)42-18-15-14-16-19-42/h14-27,34-40,69H,28-33H2,1-13H3. The van der Waals surface area contributed by atoms with Gasteiger partial charge in [0.15, 0.2) is 0 Å². The highest BCUT2D eigenvalue weighted by atomic mass is 16.3. The maximum Gasteiger partial charge on any atom is 0.249 e.